The number of β-amino-alcohol motifs (C(OH)–C–C–N with tert-alkyl or cyclic N) is 1. The van der Waals surface area contributed by atoms with Gasteiger partial charge in [-0.2, -0.15) is 0 Å². The van der Waals surface area contributed by atoms with Gasteiger partial charge < -0.3 is 15.7 Å². The molecule has 1 aliphatic heterocycles. The van der Waals surface area contributed by atoms with E-state index in [0.717, 1.165) is 6.42 Å². The minimum atomic E-state index is -0.592. The summed E-state index contributed by atoms with van der Waals surface area (Å²) in [7, 11) is 0. The molecule has 17 heavy (non-hydrogen) atoms. The van der Waals surface area contributed by atoms with Gasteiger partial charge in [0.05, 0.1) is 11.0 Å². The predicted octanol–water partition coefficient (Wildman–Crippen LogP) is -0.0719. The second-order valence-electron chi connectivity index (χ2n) is 3.93. The Hall–Kier alpha value is -1.96. The van der Waals surface area contributed by atoms with E-state index in [4.69, 9.17) is 5.73 Å². The minimum Gasteiger partial charge on any atom is -0.391 e. The maximum Gasteiger partial charge on any atom is 0.353 e. The molecule has 0 bridgehead atoms. The van der Waals surface area contributed by atoms with Crippen molar-refractivity contribution in [1.82, 2.24) is 9.97 Å². The fourth-order valence-electron chi connectivity index (χ4n) is 1.94. The van der Waals surface area contributed by atoms with Crippen molar-refractivity contribution in [2.45, 2.75) is 18.9 Å². The highest BCUT2D eigenvalue weighted by molar-refractivity contribution is 5.68. The average Bonchev–Trinajstić information content (AvgIpc) is 2.28. The normalized spacial score (nSPS) is 20.3. The highest BCUT2D eigenvalue weighted by Gasteiger charge is 2.28. The molecule has 0 aliphatic carbocycles. The van der Waals surface area contributed by atoms with E-state index >= 15 is 0 Å². The summed E-state index contributed by atoms with van der Waals surface area (Å²) < 4.78 is 0. The molecule has 0 saturated carbocycles. The Morgan fingerprint density at radius 2 is 2.35 bits per heavy atom. The molecule has 3 N–H and O–H groups in total. The van der Waals surface area contributed by atoms with Crippen molar-refractivity contribution < 1.29 is 10.0 Å². The van der Waals surface area contributed by atoms with Crippen molar-refractivity contribution >= 4 is 17.3 Å². The van der Waals surface area contributed by atoms with Crippen molar-refractivity contribution in [3.8, 4) is 0 Å². The molecule has 0 radical (unpaired) electrons. The molecule has 1 saturated heterocycles. The van der Waals surface area contributed by atoms with Crippen LogP contribution in [0.5, 0.6) is 0 Å². The lowest BCUT2D eigenvalue weighted by Crippen LogP contribution is -2.39. The van der Waals surface area contributed by atoms with Gasteiger partial charge in [0.2, 0.25) is 11.6 Å². The SMILES string of the molecule is Nc1ncnc(N2CCCC(O)C2)c1[N+](=O)[O-]. The molecule has 1 aliphatic rings. The number of aliphatic hydroxyl groups is 1. The van der Waals surface area contributed by atoms with Crippen LogP contribution in [0.25, 0.3) is 0 Å². The number of piperidine rings is 1. The highest BCUT2D eigenvalue weighted by atomic mass is 16.6. The molecule has 92 valence electrons. The second kappa shape index (κ2) is 4.50. The summed E-state index contributed by atoms with van der Waals surface area (Å²) in [6.45, 7) is 0.950. The van der Waals surface area contributed by atoms with Crippen LogP contribution in [0.2, 0.25) is 0 Å². The molecule has 8 nitrogen and oxygen atoms in total. The topological polar surface area (TPSA) is 118 Å². The van der Waals surface area contributed by atoms with Gasteiger partial charge in [-0.1, -0.05) is 0 Å². The number of aromatic nitrogens is 2. The van der Waals surface area contributed by atoms with Crippen LogP contribution in [0.1, 0.15) is 12.8 Å². The van der Waals surface area contributed by atoms with E-state index < -0.39 is 11.0 Å². The number of hydrogen-bond donors (Lipinski definition) is 2. The monoisotopic (exact) mass is 239 g/mol. The van der Waals surface area contributed by atoms with Crippen LogP contribution in [0.3, 0.4) is 0 Å². The summed E-state index contributed by atoms with van der Waals surface area (Å²) >= 11 is 0. The number of aliphatic hydroxyl groups excluding tert-OH is 1. The molecule has 2 rings (SSSR count). The van der Waals surface area contributed by atoms with Crippen LogP contribution in [-0.2, 0) is 0 Å². The Morgan fingerprint density at radius 1 is 1.59 bits per heavy atom. The fourth-order valence-corrected chi connectivity index (χ4v) is 1.94. The van der Waals surface area contributed by atoms with E-state index in [1.165, 1.54) is 6.33 Å². The van der Waals surface area contributed by atoms with Gasteiger partial charge in [0, 0.05) is 13.1 Å². The smallest absolute Gasteiger partial charge is 0.353 e. The molecule has 1 aromatic rings. The second-order valence-corrected chi connectivity index (χ2v) is 3.93. The first kappa shape index (κ1) is 11.5. The third kappa shape index (κ3) is 2.26. The standard InChI is InChI=1S/C9H13N5O3/c10-8-7(14(16)17)9(12-5-11-8)13-3-1-2-6(15)4-13/h5-6,15H,1-4H2,(H2,10,11,12). The lowest BCUT2D eigenvalue weighted by Gasteiger charge is -2.30. The van der Waals surface area contributed by atoms with Gasteiger partial charge in [-0.05, 0) is 12.8 Å². The van der Waals surface area contributed by atoms with Crippen LogP contribution in [0, 0.1) is 10.1 Å². The molecule has 1 fully saturated rings. The number of nitrogens with two attached hydrogens (primary N) is 1. The van der Waals surface area contributed by atoms with Gasteiger partial charge in [0.1, 0.15) is 6.33 Å². The first-order valence-electron chi connectivity index (χ1n) is 5.27. The summed E-state index contributed by atoms with van der Waals surface area (Å²) in [5.41, 5.74) is 5.19. The van der Waals surface area contributed by atoms with Crippen molar-refractivity contribution in [2.24, 2.45) is 0 Å². The lowest BCUT2D eigenvalue weighted by molar-refractivity contribution is -0.383. The molecule has 2 heterocycles. The molecule has 0 amide bonds. The number of nitrogen functional groups attached to an aromatic ring is 1. The Labute approximate surface area is 97.2 Å². The number of nitrogens with zero attached hydrogens (tertiary/aromatic N) is 4. The molecule has 0 aromatic carbocycles. The third-order valence-electron chi connectivity index (χ3n) is 2.71. The Morgan fingerprint density at radius 3 is 3.00 bits per heavy atom. The largest absolute Gasteiger partial charge is 0.391 e. The number of anilines is 2. The van der Waals surface area contributed by atoms with E-state index in [-0.39, 0.29) is 17.3 Å². The quantitative estimate of drug-likeness (QED) is 0.547. The number of hydrogen-bond acceptors (Lipinski definition) is 7. The predicted molar refractivity (Wildman–Crippen MR) is 60.6 cm³/mol. The molecule has 1 atom stereocenters. The number of nitro groups is 1. The Balaban J connectivity index is 2.37. The summed E-state index contributed by atoms with van der Waals surface area (Å²) in [5.74, 6) is 0.0290. The highest BCUT2D eigenvalue weighted by Crippen LogP contribution is 2.31. The Bertz CT molecular complexity index is 439. The van der Waals surface area contributed by atoms with E-state index in [9.17, 15) is 15.2 Å². The zero-order chi connectivity index (χ0) is 12.4. The van der Waals surface area contributed by atoms with Gasteiger partial charge in [-0.15, -0.1) is 0 Å². The lowest BCUT2D eigenvalue weighted by atomic mass is 10.1. The first-order valence-corrected chi connectivity index (χ1v) is 5.27. The van der Waals surface area contributed by atoms with Gasteiger partial charge in [0.25, 0.3) is 0 Å². The van der Waals surface area contributed by atoms with Crippen molar-refractivity contribution in [3.05, 3.63) is 16.4 Å². The molecule has 0 spiro atoms. The van der Waals surface area contributed by atoms with Crippen molar-refractivity contribution in [1.29, 1.82) is 0 Å². The van der Waals surface area contributed by atoms with Crippen LogP contribution in [-0.4, -0.2) is 39.2 Å². The fraction of sp³-hybridized carbons (Fsp3) is 0.556. The molecule has 1 unspecified atom stereocenters. The zero-order valence-electron chi connectivity index (χ0n) is 9.11. The molecule has 1 aromatic heterocycles. The summed E-state index contributed by atoms with van der Waals surface area (Å²) in [6.07, 6.45) is 2.17. The van der Waals surface area contributed by atoms with E-state index in [1.807, 2.05) is 0 Å². The Kier molecular flexibility index (Phi) is 3.05. The van der Waals surface area contributed by atoms with Gasteiger partial charge in [-0.25, -0.2) is 9.97 Å². The van der Waals surface area contributed by atoms with Crippen LogP contribution < -0.4 is 10.6 Å². The average molecular weight is 239 g/mol. The minimum absolute atomic E-state index is 0.153. The van der Waals surface area contributed by atoms with Gasteiger partial charge >= 0.3 is 5.69 Å². The zero-order valence-corrected chi connectivity index (χ0v) is 9.11. The summed E-state index contributed by atoms with van der Waals surface area (Å²) in [4.78, 5) is 19.5. The van der Waals surface area contributed by atoms with Crippen molar-refractivity contribution in [2.75, 3.05) is 23.7 Å². The summed E-state index contributed by atoms with van der Waals surface area (Å²) in [5, 5.41) is 20.5. The van der Waals surface area contributed by atoms with Crippen LogP contribution in [0.15, 0.2) is 6.33 Å². The van der Waals surface area contributed by atoms with Gasteiger partial charge in [0.15, 0.2) is 0 Å². The molecular weight excluding hydrogens is 226 g/mol. The third-order valence-corrected chi connectivity index (χ3v) is 2.71. The molecular formula is C9H13N5O3. The van der Waals surface area contributed by atoms with E-state index in [0.29, 0.717) is 19.5 Å². The van der Waals surface area contributed by atoms with E-state index in [1.54, 1.807) is 4.90 Å². The number of rotatable bonds is 2. The molecule has 8 heteroatoms. The maximum absolute atomic E-state index is 10.9. The van der Waals surface area contributed by atoms with E-state index in [2.05, 4.69) is 9.97 Å². The van der Waals surface area contributed by atoms with Crippen molar-refractivity contribution in [3.63, 3.8) is 0 Å². The first-order chi connectivity index (χ1) is 8.09. The van der Waals surface area contributed by atoms with Gasteiger partial charge in [-0.3, -0.25) is 10.1 Å². The van der Waals surface area contributed by atoms with Crippen LogP contribution >= 0.6 is 0 Å². The maximum atomic E-state index is 10.9. The van der Waals surface area contributed by atoms with Crippen LogP contribution in [0.4, 0.5) is 17.3 Å². The summed E-state index contributed by atoms with van der Waals surface area (Å²) in [6, 6.07) is 0.